The molecule has 1 unspecified atom stereocenters. The normalized spacial score (nSPS) is 12.9. The first-order valence-electron chi connectivity index (χ1n) is 4.74. The second kappa shape index (κ2) is 5.52. The van der Waals surface area contributed by atoms with Crippen LogP contribution in [0.2, 0.25) is 5.02 Å². The van der Waals surface area contributed by atoms with E-state index in [9.17, 15) is 0 Å². The maximum atomic E-state index is 6.16. The van der Waals surface area contributed by atoms with Gasteiger partial charge in [0.15, 0.2) is 0 Å². The molecule has 0 aliphatic heterocycles. The molecular formula is C10H14Cl2N2O. The van der Waals surface area contributed by atoms with Gasteiger partial charge in [-0.3, -0.25) is 0 Å². The van der Waals surface area contributed by atoms with Crippen LogP contribution < -0.4 is 4.74 Å². The van der Waals surface area contributed by atoms with Crippen LogP contribution in [0.15, 0.2) is 6.20 Å². The van der Waals surface area contributed by atoms with Crippen molar-refractivity contribution < 1.29 is 4.74 Å². The molecule has 0 bridgehead atoms. The van der Waals surface area contributed by atoms with E-state index < -0.39 is 0 Å². The maximum absolute atomic E-state index is 6.16. The van der Waals surface area contributed by atoms with Crippen LogP contribution in [0, 0.1) is 5.92 Å². The monoisotopic (exact) mass is 248 g/mol. The lowest BCUT2D eigenvalue weighted by atomic mass is 10.1. The van der Waals surface area contributed by atoms with Crippen LogP contribution in [0.5, 0.6) is 6.01 Å². The van der Waals surface area contributed by atoms with E-state index in [4.69, 9.17) is 27.9 Å². The molecule has 0 amide bonds. The van der Waals surface area contributed by atoms with Crippen molar-refractivity contribution in [3.05, 3.63) is 16.9 Å². The quantitative estimate of drug-likeness (QED) is 0.769. The number of hydrogen-bond donors (Lipinski definition) is 0. The Balaban J connectivity index is 2.83. The first-order chi connectivity index (χ1) is 7.04. The van der Waals surface area contributed by atoms with Crippen molar-refractivity contribution in [3.63, 3.8) is 0 Å². The standard InChI is InChI=1S/C10H14Cl2N2O/c1-6(2)7(11)4-9-8(12)5-13-10(14-9)15-3/h5-7H,4H2,1-3H3. The van der Waals surface area contributed by atoms with Crippen molar-refractivity contribution in [2.24, 2.45) is 5.92 Å². The van der Waals surface area contributed by atoms with Crippen molar-refractivity contribution in [3.8, 4) is 6.01 Å². The molecule has 0 spiro atoms. The van der Waals surface area contributed by atoms with Gasteiger partial charge in [-0.25, -0.2) is 4.98 Å². The van der Waals surface area contributed by atoms with Crippen molar-refractivity contribution >= 4 is 23.2 Å². The average molecular weight is 249 g/mol. The Morgan fingerprint density at radius 2 is 2.13 bits per heavy atom. The summed E-state index contributed by atoms with van der Waals surface area (Å²) in [6.07, 6.45) is 2.16. The lowest BCUT2D eigenvalue weighted by Crippen LogP contribution is -2.13. The van der Waals surface area contributed by atoms with Gasteiger partial charge in [-0.05, 0) is 5.92 Å². The fraction of sp³-hybridized carbons (Fsp3) is 0.600. The summed E-state index contributed by atoms with van der Waals surface area (Å²) < 4.78 is 4.93. The van der Waals surface area contributed by atoms with Crippen LogP contribution in [-0.2, 0) is 6.42 Å². The van der Waals surface area contributed by atoms with Gasteiger partial charge in [0.05, 0.1) is 24.0 Å². The molecule has 15 heavy (non-hydrogen) atoms. The second-order valence-corrected chi connectivity index (χ2v) is 4.58. The van der Waals surface area contributed by atoms with Crippen LogP contribution in [0.1, 0.15) is 19.5 Å². The Hall–Kier alpha value is -0.540. The van der Waals surface area contributed by atoms with Crippen LogP contribution in [0.4, 0.5) is 0 Å². The molecule has 5 heteroatoms. The molecule has 0 aromatic carbocycles. The van der Waals surface area contributed by atoms with E-state index in [2.05, 4.69) is 23.8 Å². The summed E-state index contributed by atoms with van der Waals surface area (Å²) in [6, 6.07) is 0.321. The molecule has 0 N–H and O–H groups in total. The molecule has 0 saturated carbocycles. The zero-order valence-corrected chi connectivity index (χ0v) is 10.5. The molecule has 84 valence electrons. The van der Waals surface area contributed by atoms with Gasteiger partial charge in [0.25, 0.3) is 0 Å². The van der Waals surface area contributed by atoms with Gasteiger partial charge in [-0.2, -0.15) is 4.98 Å². The summed E-state index contributed by atoms with van der Waals surface area (Å²) in [4.78, 5) is 8.06. The van der Waals surface area contributed by atoms with Gasteiger partial charge in [0, 0.05) is 11.8 Å². The Bertz CT molecular complexity index is 331. The van der Waals surface area contributed by atoms with Crippen molar-refractivity contribution in [1.29, 1.82) is 0 Å². The average Bonchev–Trinajstić information content (AvgIpc) is 2.21. The minimum Gasteiger partial charge on any atom is -0.467 e. The van der Waals surface area contributed by atoms with Crippen molar-refractivity contribution in [2.45, 2.75) is 25.6 Å². The van der Waals surface area contributed by atoms with Gasteiger partial charge in [-0.1, -0.05) is 25.4 Å². The van der Waals surface area contributed by atoms with E-state index in [0.717, 1.165) is 5.69 Å². The molecule has 0 aliphatic rings. The number of rotatable bonds is 4. The van der Waals surface area contributed by atoms with Crippen molar-refractivity contribution in [1.82, 2.24) is 9.97 Å². The largest absolute Gasteiger partial charge is 0.467 e. The Kier molecular flexibility index (Phi) is 4.61. The van der Waals surface area contributed by atoms with Gasteiger partial charge < -0.3 is 4.74 Å². The first-order valence-corrected chi connectivity index (χ1v) is 5.55. The van der Waals surface area contributed by atoms with E-state index in [-0.39, 0.29) is 5.38 Å². The Labute approximate surface area is 99.8 Å². The number of methoxy groups -OCH3 is 1. The first kappa shape index (κ1) is 12.5. The van der Waals surface area contributed by atoms with Gasteiger partial charge in [0.2, 0.25) is 0 Å². The third-order valence-electron chi connectivity index (χ3n) is 2.09. The molecule has 0 radical (unpaired) electrons. The molecule has 1 aromatic rings. The third-order valence-corrected chi connectivity index (χ3v) is 3.06. The van der Waals surface area contributed by atoms with Crippen LogP contribution in [-0.4, -0.2) is 22.5 Å². The molecule has 3 nitrogen and oxygen atoms in total. The smallest absolute Gasteiger partial charge is 0.316 e. The summed E-state index contributed by atoms with van der Waals surface area (Å²) in [5.41, 5.74) is 0.734. The fourth-order valence-electron chi connectivity index (χ4n) is 1.05. The number of ether oxygens (including phenoxy) is 1. The molecule has 0 aliphatic carbocycles. The Morgan fingerprint density at radius 3 is 2.67 bits per heavy atom. The number of alkyl halides is 1. The van der Waals surface area contributed by atoms with Gasteiger partial charge >= 0.3 is 6.01 Å². The van der Waals surface area contributed by atoms with Gasteiger partial charge in [0.1, 0.15) is 0 Å². The topological polar surface area (TPSA) is 35.0 Å². The van der Waals surface area contributed by atoms with Crippen LogP contribution >= 0.6 is 23.2 Å². The van der Waals surface area contributed by atoms with Gasteiger partial charge in [-0.15, -0.1) is 11.6 Å². The molecule has 1 atom stereocenters. The lowest BCUT2D eigenvalue weighted by molar-refractivity contribution is 0.377. The summed E-state index contributed by atoms with van der Waals surface area (Å²) in [5, 5.41) is 0.546. The maximum Gasteiger partial charge on any atom is 0.316 e. The Morgan fingerprint density at radius 1 is 1.47 bits per heavy atom. The number of nitrogens with zero attached hydrogens (tertiary/aromatic N) is 2. The van der Waals surface area contributed by atoms with E-state index >= 15 is 0 Å². The zero-order chi connectivity index (χ0) is 11.4. The van der Waals surface area contributed by atoms with Crippen LogP contribution in [0.3, 0.4) is 0 Å². The van der Waals surface area contributed by atoms with E-state index in [0.29, 0.717) is 23.4 Å². The minimum atomic E-state index is 0.0158. The van der Waals surface area contributed by atoms with E-state index in [1.807, 2.05) is 0 Å². The number of aromatic nitrogens is 2. The summed E-state index contributed by atoms with van der Waals surface area (Å²) >= 11 is 12.1. The molecule has 0 saturated heterocycles. The SMILES string of the molecule is COc1ncc(Cl)c(CC(Cl)C(C)C)n1. The highest BCUT2D eigenvalue weighted by Gasteiger charge is 2.14. The lowest BCUT2D eigenvalue weighted by Gasteiger charge is -2.13. The molecule has 1 heterocycles. The predicted octanol–water partition coefficient (Wildman–Crippen LogP) is 2.94. The minimum absolute atomic E-state index is 0.0158. The highest BCUT2D eigenvalue weighted by Crippen LogP contribution is 2.21. The summed E-state index contributed by atoms with van der Waals surface area (Å²) in [5.74, 6) is 0.378. The van der Waals surface area contributed by atoms with E-state index in [1.165, 1.54) is 13.3 Å². The van der Waals surface area contributed by atoms with Crippen LogP contribution in [0.25, 0.3) is 0 Å². The zero-order valence-electron chi connectivity index (χ0n) is 9.00. The number of hydrogen-bond acceptors (Lipinski definition) is 3. The molecule has 0 fully saturated rings. The summed E-state index contributed by atoms with van der Waals surface area (Å²) in [6.45, 7) is 4.12. The molecule has 1 rings (SSSR count). The predicted molar refractivity (Wildman–Crippen MR) is 61.8 cm³/mol. The van der Waals surface area contributed by atoms with E-state index in [1.54, 1.807) is 0 Å². The highest BCUT2D eigenvalue weighted by molar-refractivity contribution is 6.31. The number of halogens is 2. The fourth-order valence-corrected chi connectivity index (χ4v) is 1.36. The highest BCUT2D eigenvalue weighted by atomic mass is 35.5. The summed E-state index contributed by atoms with van der Waals surface area (Å²) in [7, 11) is 1.52. The third kappa shape index (κ3) is 3.50. The molecular weight excluding hydrogens is 235 g/mol. The second-order valence-electron chi connectivity index (χ2n) is 3.62. The molecule has 1 aromatic heterocycles. The van der Waals surface area contributed by atoms with Crippen molar-refractivity contribution in [2.75, 3.05) is 7.11 Å².